The molecule has 0 saturated heterocycles. The van der Waals surface area contributed by atoms with Gasteiger partial charge in [0.05, 0.1) is 16.2 Å². The van der Waals surface area contributed by atoms with Gasteiger partial charge in [-0.25, -0.2) is 9.97 Å². The van der Waals surface area contributed by atoms with Crippen LogP contribution in [0.2, 0.25) is 5.02 Å². The molecule has 0 bridgehead atoms. The summed E-state index contributed by atoms with van der Waals surface area (Å²) in [7, 11) is 0. The van der Waals surface area contributed by atoms with Gasteiger partial charge < -0.3 is 5.32 Å². The second-order valence-electron chi connectivity index (χ2n) is 8.48. The molecule has 0 radical (unpaired) electrons. The Hall–Kier alpha value is -4.17. The molecule has 1 aliphatic carbocycles. The Labute approximate surface area is 206 Å². The van der Waals surface area contributed by atoms with Crippen LogP contribution in [0.4, 0.5) is 0 Å². The van der Waals surface area contributed by atoms with E-state index in [1.165, 1.54) is 6.33 Å². The number of halogens is 1. The Morgan fingerprint density at radius 2 is 1.83 bits per heavy atom. The number of hydrogen-bond donors (Lipinski definition) is 1. The molecule has 172 valence electrons. The van der Waals surface area contributed by atoms with E-state index in [0.29, 0.717) is 22.1 Å². The molecule has 1 N–H and O–H groups in total. The first-order chi connectivity index (χ1) is 17.2. The topological polar surface area (TPSA) is 98.5 Å². The molecule has 1 aliphatic rings. The minimum atomic E-state index is -0.0960. The molecule has 6 rings (SSSR count). The number of amides is 1. The number of aromatic nitrogens is 6. The van der Waals surface area contributed by atoms with Gasteiger partial charge in [0.25, 0.3) is 5.91 Å². The Balaban J connectivity index is 1.26. The molecule has 0 aliphatic heterocycles. The van der Waals surface area contributed by atoms with Gasteiger partial charge in [-0.05, 0) is 49.2 Å². The van der Waals surface area contributed by atoms with Gasteiger partial charge >= 0.3 is 0 Å². The summed E-state index contributed by atoms with van der Waals surface area (Å²) in [5, 5.41) is 13.6. The number of pyridine rings is 1. The van der Waals surface area contributed by atoms with E-state index in [9.17, 15) is 4.79 Å². The molecule has 1 saturated carbocycles. The van der Waals surface area contributed by atoms with Crippen molar-refractivity contribution in [2.75, 3.05) is 0 Å². The van der Waals surface area contributed by atoms with Gasteiger partial charge in [-0.3, -0.25) is 14.3 Å². The van der Waals surface area contributed by atoms with Crippen LogP contribution in [0.15, 0.2) is 79.4 Å². The van der Waals surface area contributed by atoms with Crippen molar-refractivity contribution in [2.45, 2.75) is 24.8 Å². The number of nitrogens with zero attached hydrogens (tertiary/aromatic N) is 6. The van der Waals surface area contributed by atoms with Gasteiger partial charge in [0.1, 0.15) is 17.8 Å². The van der Waals surface area contributed by atoms with Crippen LogP contribution in [-0.4, -0.2) is 41.7 Å². The van der Waals surface area contributed by atoms with Crippen LogP contribution in [0.25, 0.3) is 28.1 Å². The minimum absolute atomic E-state index is 0.0401. The van der Waals surface area contributed by atoms with Crippen molar-refractivity contribution in [1.82, 2.24) is 35.0 Å². The van der Waals surface area contributed by atoms with Crippen LogP contribution in [0.1, 0.15) is 34.9 Å². The van der Waals surface area contributed by atoms with E-state index in [2.05, 4.69) is 30.5 Å². The molecule has 0 spiro atoms. The fourth-order valence-electron chi connectivity index (χ4n) is 4.53. The Kier molecular flexibility index (Phi) is 5.42. The molecule has 35 heavy (non-hydrogen) atoms. The Morgan fingerprint density at radius 1 is 0.943 bits per heavy atom. The molecule has 3 heterocycles. The van der Waals surface area contributed by atoms with Gasteiger partial charge in [0, 0.05) is 35.3 Å². The van der Waals surface area contributed by atoms with Crippen LogP contribution < -0.4 is 5.32 Å². The monoisotopic (exact) mass is 481 g/mol. The summed E-state index contributed by atoms with van der Waals surface area (Å²) in [6.45, 7) is 0. The zero-order valence-corrected chi connectivity index (χ0v) is 19.3. The quantitative estimate of drug-likeness (QED) is 0.394. The van der Waals surface area contributed by atoms with E-state index in [1.54, 1.807) is 18.5 Å². The van der Waals surface area contributed by atoms with Crippen molar-refractivity contribution in [3.05, 3.63) is 95.8 Å². The molecule has 1 fully saturated rings. The van der Waals surface area contributed by atoms with Crippen LogP contribution in [0.3, 0.4) is 0 Å². The third kappa shape index (κ3) is 3.91. The highest BCUT2D eigenvalue weighted by atomic mass is 35.5. The lowest BCUT2D eigenvalue weighted by Gasteiger charge is -2.35. The number of benzene rings is 2. The maximum atomic E-state index is 13.0. The summed E-state index contributed by atoms with van der Waals surface area (Å²) in [4.78, 5) is 25.7. The summed E-state index contributed by atoms with van der Waals surface area (Å²) >= 11 is 6.55. The number of carbonyl (C=O) groups is 1. The fourth-order valence-corrected chi connectivity index (χ4v) is 4.75. The zero-order valence-electron chi connectivity index (χ0n) is 18.5. The number of carbonyl (C=O) groups excluding carboxylic acids is 1. The van der Waals surface area contributed by atoms with E-state index in [1.807, 2.05) is 59.2 Å². The van der Waals surface area contributed by atoms with Gasteiger partial charge in [-0.1, -0.05) is 35.9 Å². The average molecular weight is 482 g/mol. The number of rotatable bonds is 5. The van der Waals surface area contributed by atoms with Gasteiger partial charge in [0.2, 0.25) is 0 Å². The predicted octanol–water partition coefficient (Wildman–Crippen LogP) is 4.60. The first-order valence-electron chi connectivity index (χ1n) is 11.3. The SMILES string of the molecule is O=C(NC1CC(c2nnc(-c3ccncn3)n2-c2ccccc2Cl)C1)c1cccc2ncccc12. The highest BCUT2D eigenvalue weighted by Gasteiger charge is 2.36. The second kappa shape index (κ2) is 8.88. The molecule has 3 aromatic heterocycles. The molecule has 0 unspecified atom stereocenters. The maximum Gasteiger partial charge on any atom is 0.252 e. The van der Waals surface area contributed by atoms with E-state index in [0.717, 1.165) is 35.3 Å². The Morgan fingerprint density at radius 3 is 2.66 bits per heavy atom. The largest absolute Gasteiger partial charge is 0.349 e. The van der Waals surface area contributed by atoms with Crippen LogP contribution in [-0.2, 0) is 0 Å². The maximum absolute atomic E-state index is 13.0. The minimum Gasteiger partial charge on any atom is -0.349 e. The lowest BCUT2D eigenvalue weighted by molar-refractivity contribution is 0.0909. The van der Waals surface area contributed by atoms with E-state index in [4.69, 9.17) is 11.6 Å². The molecule has 9 heteroatoms. The van der Waals surface area contributed by atoms with Gasteiger partial charge in [-0.15, -0.1) is 10.2 Å². The number of hydrogen-bond acceptors (Lipinski definition) is 6. The van der Waals surface area contributed by atoms with Crippen LogP contribution in [0.5, 0.6) is 0 Å². The van der Waals surface area contributed by atoms with Crippen molar-refractivity contribution >= 4 is 28.4 Å². The Bertz CT molecular complexity index is 1520. The average Bonchev–Trinajstić information content (AvgIpc) is 3.30. The number of nitrogens with one attached hydrogen (secondary N) is 1. The third-order valence-corrected chi connectivity index (χ3v) is 6.64. The molecule has 1 amide bonds. The molecule has 5 aromatic rings. The fraction of sp³-hybridized carbons (Fsp3) is 0.154. The lowest BCUT2D eigenvalue weighted by atomic mass is 9.79. The third-order valence-electron chi connectivity index (χ3n) is 6.32. The molecule has 0 atom stereocenters. The summed E-state index contributed by atoms with van der Waals surface area (Å²) in [5.41, 5.74) is 2.88. The van der Waals surface area contributed by atoms with Crippen LogP contribution in [0, 0.1) is 0 Å². The molecule has 2 aromatic carbocycles. The smallest absolute Gasteiger partial charge is 0.252 e. The number of para-hydroxylation sites is 1. The van der Waals surface area contributed by atoms with Gasteiger partial charge in [0.15, 0.2) is 5.82 Å². The zero-order chi connectivity index (χ0) is 23.8. The molecule has 8 nitrogen and oxygen atoms in total. The first-order valence-corrected chi connectivity index (χ1v) is 11.7. The second-order valence-corrected chi connectivity index (χ2v) is 8.88. The van der Waals surface area contributed by atoms with E-state index in [-0.39, 0.29) is 17.9 Å². The molecular formula is C26H20ClN7O. The molecular weight excluding hydrogens is 462 g/mol. The van der Waals surface area contributed by atoms with Gasteiger partial charge in [-0.2, -0.15) is 0 Å². The van der Waals surface area contributed by atoms with E-state index >= 15 is 0 Å². The number of fused-ring (bicyclic) bond motifs is 1. The van der Waals surface area contributed by atoms with Crippen LogP contribution >= 0.6 is 11.6 Å². The standard InChI is InChI=1S/C26H20ClN7O/c27-20-7-1-2-9-23(20)34-24(32-33-25(34)22-10-12-28-15-30-22)16-13-17(14-16)31-26(35)19-5-3-8-21-18(19)6-4-11-29-21/h1-12,15-17H,13-14H2,(H,31,35). The summed E-state index contributed by atoms with van der Waals surface area (Å²) in [6.07, 6.45) is 6.39. The van der Waals surface area contributed by atoms with Crippen molar-refractivity contribution < 1.29 is 4.79 Å². The predicted molar refractivity (Wildman–Crippen MR) is 132 cm³/mol. The first kappa shape index (κ1) is 21.4. The normalized spacial score (nSPS) is 17.2. The van der Waals surface area contributed by atoms with Crippen molar-refractivity contribution in [3.8, 4) is 17.2 Å². The van der Waals surface area contributed by atoms with Crippen molar-refractivity contribution in [2.24, 2.45) is 0 Å². The van der Waals surface area contributed by atoms with Crippen molar-refractivity contribution in [3.63, 3.8) is 0 Å². The summed E-state index contributed by atoms with van der Waals surface area (Å²) < 4.78 is 1.96. The summed E-state index contributed by atoms with van der Waals surface area (Å²) in [5.74, 6) is 1.42. The highest BCUT2D eigenvalue weighted by molar-refractivity contribution is 6.32. The van der Waals surface area contributed by atoms with E-state index < -0.39 is 0 Å². The summed E-state index contributed by atoms with van der Waals surface area (Å²) in [6, 6.07) is 18.8. The lowest BCUT2D eigenvalue weighted by Crippen LogP contribution is -2.44. The highest BCUT2D eigenvalue weighted by Crippen LogP contribution is 2.39. The van der Waals surface area contributed by atoms with Crippen molar-refractivity contribution in [1.29, 1.82) is 0 Å².